The summed E-state index contributed by atoms with van der Waals surface area (Å²) in [5.74, 6) is 0. The molecular weight excluding hydrogens is 336 g/mol. The summed E-state index contributed by atoms with van der Waals surface area (Å²) in [4.78, 5) is 16.8. The minimum Gasteiger partial charge on any atom is -0.422 e. The largest absolute Gasteiger partial charge is 0.422 e. The van der Waals surface area contributed by atoms with E-state index < -0.39 is 0 Å². The number of fused-ring (bicyclic) bond motifs is 1. The summed E-state index contributed by atoms with van der Waals surface area (Å²) in [7, 11) is 0. The smallest absolute Gasteiger partial charge is 0.345 e. The van der Waals surface area contributed by atoms with Gasteiger partial charge in [-0.1, -0.05) is 24.3 Å². The van der Waals surface area contributed by atoms with E-state index >= 15 is 0 Å². The minimum atomic E-state index is -0.289. The number of hydrogen-bond donors (Lipinski definition) is 0. The molecule has 24 heavy (non-hydrogen) atoms. The maximum Gasteiger partial charge on any atom is 0.345 e. The first-order chi connectivity index (χ1) is 11.7. The van der Waals surface area contributed by atoms with Crippen LogP contribution >= 0.6 is 22.7 Å². The quantitative estimate of drug-likeness (QED) is 0.407. The van der Waals surface area contributed by atoms with Gasteiger partial charge in [-0.15, -0.1) is 22.7 Å². The zero-order chi connectivity index (χ0) is 16.5. The average molecular weight is 350 g/mol. The molecule has 0 radical (unpaired) electrons. The molecule has 0 spiro atoms. The molecule has 0 amide bonds. The van der Waals surface area contributed by atoms with E-state index in [1.807, 2.05) is 49.4 Å². The van der Waals surface area contributed by atoms with Crippen LogP contribution in [-0.2, 0) is 0 Å². The van der Waals surface area contributed by atoms with Crippen molar-refractivity contribution in [3.8, 4) is 20.2 Å². The summed E-state index contributed by atoms with van der Waals surface area (Å²) < 4.78 is 5.44. The highest BCUT2D eigenvalue weighted by Crippen LogP contribution is 2.37. The minimum absolute atomic E-state index is 0.289. The van der Waals surface area contributed by atoms with E-state index in [9.17, 15) is 4.79 Å². The fourth-order valence-electron chi connectivity index (χ4n) is 2.59. The second kappa shape index (κ2) is 6.23. The van der Waals surface area contributed by atoms with Crippen molar-refractivity contribution in [1.29, 1.82) is 0 Å². The number of allylic oxidation sites excluding steroid dienone is 1. The van der Waals surface area contributed by atoms with E-state index in [1.54, 1.807) is 22.7 Å². The average Bonchev–Trinajstić information content (AvgIpc) is 3.23. The highest BCUT2D eigenvalue weighted by atomic mass is 32.1. The molecule has 0 saturated carbocycles. The van der Waals surface area contributed by atoms with Crippen molar-refractivity contribution in [2.24, 2.45) is 0 Å². The van der Waals surface area contributed by atoms with Crippen LogP contribution in [0.3, 0.4) is 0 Å². The molecule has 0 fully saturated rings. The highest BCUT2D eigenvalue weighted by molar-refractivity contribution is 7.24. The van der Waals surface area contributed by atoms with Crippen molar-refractivity contribution in [3.63, 3.8) is 0 Å². The van der Waals surface area contributed by atoms with Gasteiger partial charge in [0.25, 0.3) is 0 Å². The molecule has 4 rings (SSSR count). The fraction of sp³-hybridized carbons (Fsp3) is 0.0500. The lowest BCUT2D eigenvalue weighted by Crippen LogP contribution is -2.01. The third-order valence-corrected chi connectivity index (χ3v) is 6.08. The van der Waals surface area contributed by atoms with Crippen LogP contribution in [0.15, 0.2) is 69.9 Å². The van der Waals surface area contributed by atoms with Crippen molar-refractivity contribution in [1.82, 2.24) is 0 Å². The zero-order valence-corrected chi connectivity index (χ0v) is 14.6. The normalized spacial score (nSPS) is 11.5. The van der Waals surface area contributed by atoms with Gasteiger partial charge < -0.3 is 4.42 Å². The molecule has 0 aliphatic rings. The number of rotatable bonds is 3. The summed E-state index contributed by atoms with van der Waals surface area (Å²) in [5.41, 5.74) is 0.954. The number of hydrogen-bond acceptors (Lipinski definition) is 4. The van der Waals surface area contributed by atoms with Crippen LogP contribution < -0.4 is 5.63 Å². The van der Waals surface area contributed by atoms with Gasteiger partial charge in [-0.2, -0.15) is 0 Å². The van der Waals surface area contributed by atoms with Gasteiger partial charge in [0.15, 0.2) is 0 Å². The van der Waals surface area contributed by atoms with Crippen LogP contribution in [0.1, 0.15) is 11.8 Å². The van der Waals surface area contributed by atoms with Gasteiger partial charge in [0, 0.05) is 24.9 Å². The molecule has 0 N–H and O–H groups in total. The van der Waals surface area contributed by atoms with Crippen LogP contribution in [-0.4, -0.2) is 0 Å². The van der Waals surface area contributed by atoms with E-state index in [4.69, 9.17) is 4.42 Å². The van der Waals surface area contributed by atoms with Gasteiger partial charge in [-0.05, 0) is 49.4 Å². The van der Waals surface area contributed by atoms with E-state index in [-0.39, 0.29) is 5.63 Å². The summed E-state index contributed by atoms with van der Waals surface area (Å²) in [6.45, 7) is 2.02. The molecule has 4 aromatic rings. The lowest BCUT2D eigenvalue weighted by atomic mass is 10.1. The summed E-state index contributed by atoms with van der Waals surface area (Å²) >= 11 is 3.37. The van der Waals surface area contributed by atoms with Crippen molar-refractivity contribution in [2.45, 2.75) is 6.92 Å². The van der Waals surface area contributed by atoms with Gasteiger partial charge in [0.1, 0.15) is 5.58 Å². The molecule has 118 valence electrons. The van der Waals surface area contributed by atoms with E-state index in [1.165, 1.54) is 14.6 Å². The third-order valence-electron chi connectivity index (χ3n) is 3.71. The Balaban J connectivity index is 1.77. The van der Waals surface area contributed by atoms with E-state index in [2.05, 4.69) is 24.3 Å². The Morgan fingerprint density at radius 3 is 2.54 bits per heavy atom. The molecule has 1 aromatic carbocycles. The Bertz CT molecular complexity index is 1100. The second-order valence-corrected chi connectivity index (χ2v) is 7.55. The summed E-state index contributed by atoms with van der Waals surface area (Å²) in [6.07, 6.45) is 4.14. The lowest BCUT2D eigenvalue weighted by molar-refractivity contribution is 0.564. The fourth-order valence-corrected chi connectivity index (χ4v) is 4.67. The molecule has 0 unspecified atom stereocenters. The van der Waals surface area contributed by atoms with Crippen LogP contribution in [0.5, 0.6) is 0 Å². The Morgan fingerprint density at radius 1 is 0.917 bits per heavy atom. The van der Waals surface area contributed by atoms with Crippen LogP contribution in [0, 0.1) is 0 Å². The zero-order valence-electron chi connectivity index (χ0n) is 13.0. The Labute approximate surface area is 147 Å². The van der Waals surface area contributed by atoms with Crippen molar-refractivity contribution < 1.29 is 4.42 Å². The molecule has 2 nitrogen and oxygen atoms in total. The molecular formula is C20H14O2S2. The highest BCUT2D eigenvalue weighted by Gasteiger charge is 2.12. The maximum atomic E-state index is 12.3. The van der Waals surface area contributed by atoms with Crippen LogP contribution in [0.25, 0.3) is 37.2 Å². The molecule has 3 aromatic heterocycles. The summed E-state index contributed by atoms with van der Waals surface area (Å²) in [6, 6.07) is 17.8. The predicted molar refractivity (Wildman–Crippen MR) is 104 cm³/mol. The van der Waals surface area contributed by atoms with Gasteiger partial charge in [0.2, 0.25) is 0 Å². The van der Waals surface area contributed by atoms with E-state index in [0.717, 1.165) is 10.3 Å². The summed E-state index contributed by atoms with van der Waals surface area (Å²) in [5, 5.41) is 0.938. The van der Waals surface area contributed by atoms with Crippen LogP contribution in [0.4, 0.5) is 0 Å². The molecule has 0 saturated heterocycles. The predicted octanol–water partition coefficient (Wildman–Crippen LogP) is 6.28. The molecule has 4 heteroatoms. The standard InChI is InChI=1S/C20H14O2S2/c1-2-5-14-8-9-18(23-14)19-11-10-17(24-19)15-12-13-6-3-4-7-16(13)22-20(15)21/h2-12H,1H3/b5-2+. The second-order valence-electron chi connectivity index (χ2n) is 5.35. The molecule has 0 aliphatic carbocycles. The van der Waals surface area contributed by atoms with Gasteiger partial charge in [0.05, 0.1) is 5.56 Å². The number of thiophene rings is 2. The Kier molecular flexibility index (Phi) is 3.92. The van der Waals surface area contributed by atoms with Crippen molar-refractivity contribution in [2.75, 3.05) is 0 Å². The van der Waals surface area contributed by atoms with E-state index in [0.29, 0.717) is 11.1 Å². The lowest BCUT2D eigenvalue weighted by Gasteiger charge is -1.99. The number of benzene rings is 1. The Hall–Kier alpha value is -2.43. The molecule has 0 bridgehead atoms. The molecule has 0 atom stereocenters. The van der Waals surface area contributed by atoms with Gasteiger partial charge >= 0.3 is 5.63 Å². The van der Waals surface area contributed by atoms with Gasteiger partial charge in [-0.25, -0.2) is 4.79 Å². The first kappa shape index (κ1) is 15.1. The van der Waals surface area contributed by atoms with Gasteiger partial charge in [-0.3, -0.25) is 0 Å². The van der Waals surface area contributed by atoms with Crippen molar-refractivity contribution >= 4 is 39.7 Å². The molecule has 3 heterocycles. The Morgan fingerprint density at radius 2 is 1.67 bits per heavy atom. The molecule has 0 aliphatic heterocycles. The van der Waals surface area contributed by atoms with Crippen LogP contribution in [0.2, 0.25) is 0 Å². The SMILES string of the molecule is C/C=C/c1ccc(-c2ccc(-c3cc4ccccc4oc3=O)s2)s1. The van der Waals surface area contributed by atoms with Crippen molar-refractivity contribution in [3.05, 3.63) is 76.0 Å². The topological polar surface area (TPSA) is 30.2 Å². The number of para-hydroxylation sites is 1. The first-order valence-corrected chi connectivity index (χ1v) is 9.24. The first-order valence-electron chi connectivity index (χ1n) is 7.60. The monoisotopic (exact) mass is 350 g/mol. The maximum absolute atomic E-state index is 12.3. The third kappa shape index (κ3) is 2.75.